The molecular weight excluding hydrogens is 528 g/mol. The number of halogens is 1. The fourth-order valence-electron chi connectivity index (χ4n) is 4.67. The van der Waals surface area contributed by atoms with Gasteiger partial charge in [0.2, 0.25) is 5.28 Å². The molecule has 2 aromatic heterocycles. The molecule has 2 aromatic rings. The van der Waals surface area contributed by atoms with Gasteiger partial charge in [-0.15, -0.1) is 0 Å². The maximum Gasteiger partial charge on any atom is 0.340 e. The highest BCUT2D eigenvalue weighted by Crippen LogP contribution is 2.55. The Kier molecular flexibility index (Phi) is 6.59. The van der Waals surface area contributed by atoms with Gasteiger partial charge < -0.3 is 38.7 Å². The number of aromatic nitrogens is 4. The van der Waals surface area contributed by atoms with Crippen LogP contribution < -0.4 is 4.90 Å². The third kappa shape index (κ3) is 5.05. The van der Waals surface area contributed by atoms with E-state index in [4.69, 9.17) is 35.4 Å². The van der Waals surface area contributed by atoms with Gasteiger partial charge in [0.25, 0.3) is 0 Å². The van der Waals surface area contributed by atoms with Crippen LogP contribution in [-0.2, 0) is 23.1 Å². The van der Waals surface area contributed by atoms with Crippen molar-refractivity contribution in [3.8, 4) is 0 Å². The van der Waals surface area contributed by atoms with E-state index in [9.17, 15) is 19.1 Å². The zero-order chi connectivity index (χ0) is 25.1. The van der Waals surface area contributed by atoms with E-state index in [-0.39, 0.29) is 10.9 Å². The third-order valence-corrected chi connectivity index (χ3v) is 9.97. The van der Waals surface area contributed by atoms with Crippen LogP contribution in [-0.4, -0.2) is 90.6 Å². The molecule has 3 saturated heterocycles. The number of hydrogen-bond donors (Lipinski definition) is 4. The van der Waals surface area contributed by atoms with Crippen LogP contribution in [0.15, 0.2) is 18.3 Å². The van der Waals surface area contributed by atoms with Gasteiger partial charge in [0.05, 0.1) is 31.4 Å². The first kappa shape index (κ1) is 25.2. The molecule has 0 bridgehead atoms. The molecule has 3 aliphatic rings. The molecule has 35 heavy (non-hydrogen) atoms. The van der Waals surface area contributed by atoms with Crippen molar-refractivity contribution < 1.29 is 42.9 Å². The Balaban J connectivity index is 1.37. The first-order chi connectivity index (χ1) is 16.4. The van der Waals surface area contributed by atoms with Crippen LogP contribution in [0.2, 0.25) is 5.28 Å². The lowest BCUT2D eigenvalue weighted by Gasteiger charge is -2.20. The molecule has 0 saturated carbocycles. The Morgan fingerprint density at radius 3 is 2.54 bits per heavy atom. The highest BCUT2D eigenvalue weighted by atomic mass is 35.5. The molecular formula is C18H24ClN5O9P2. The Morgan fingerprint density at radius 1 is 1.20 bits per heavy atom. The van der Waals surface area contributed by atoms with E-state index in [1.807, 2.05) is 0 Å². The minimum Gasteiger partial charge on any atom is -0.384 e. The van der Waals surface area contributed by atoms with Crippen molar-refractivity contribution in [3.05, 3.63) is 23.6 Å². The number of ether oxygens (including phenoxy) is 2. The molecule has 4 N–H and O–H groups in total. The summed E-state index contributed by atoms with van der Waals surface area (Å²) >= 11 is 6.23. The maximum absolute atomic E-state index is 12.0. The number of fused-ring (bicyclic) bond motifs is 2. The molecule has 5 rings (SSSR count). The van der Waals surface area contributed by atoms with Crippen LogP contribution in [0.25, 0.3) is 11.0 Å². The highest BCUT2D eigenvalue weighted by molar-refractivity contribution is 7.70. The number of rotatable bonds is 7. The molecule has 14 nitrogen and oxygen atoms in total. The summed E-state index contributed by atoms with van der Waals surface area (Å²) in [6.45, 7) is 6.12. The highest BCUT2D eigenvalue weighted by Gasteiger charge is 2.43. The summed E-state index contributed by atoms with van der Waals surface area (Å²) in [5, 5.41) is 15.7. The summed E-state index contributed by atoms with van der Waals surface area (Å²) in [6, 6.07) is 0. The summed E-state index contributed by atoms with van der Waals surface area (Å²) < 4.78 is 40.5. The van der Waals surface area contributed by atoms with Crippen molar-refractivity contribution in [3.63, 3.8) is 0 Å². The normalized spacial score (nSPS) is 30.8. The second-order valence-corrected chi connectivity index (χ2v) is 13.2. The van der Waals surface area contributed by atoms with Gasteiger partial charge in [-0.25, -0.2) is 4.68 Å². The molecule has 0 aliphatic carbocycles. The van der Waals surface area contributed by atoms with Crippen LogP contribution in [0.3, 0.4) is 0 Å². The number of hydrogen-bond acceptors (Lipinski definition) is 10. The predicted octanol–water partition coefficient (Wildman–Crippen LogP) is 0.714. The van der Waals surface area contributed by atoms with Gasteiger partial charge in [-0.3, -0.25) is 9.13 Å². The van der Waals surface area contributed by atoms with Crippen molar-refractivity contribution >= 4 is 43.6 Å². The molecule has 0 radical (unpaired) electrons. The average Bonchev–Trinajstić information content (AvgIpc) is 3.49. The molecule has 0 spiro atoms. The Labute approximate surface area is 204 Å². The molecule has 3 aliphatic heterocycles. The van der Waals surface area contributed by atoms with Crippen molar-refractivity contribution in [2.45, 2.75) is 18.4 Å². The second-order valence-electron chi connectivity index (χ2n) is 8.88. The van der Waals surface area contributed by atoms with E-state index >= 15 is 0 Å². The number of aliphatic hydroxyl groups excluding tert-OH is 1. The van der Waals surface area contributed by atoms with E-state index in [0.29, 0.717) is 41.9 Å². The molecule has 0 amide bonds. The lowest BCUT2D eigenvalue weighted by molar-refractivity contribution is -0.0526. The van der Waals surface area contributed by atoms with Gasteiger partial charge in [0.1, 0.15) is 18.0 Å². The van der Waals surface area contributed by atoms with Gasteiger partial charge >= 0.3 is 15.2 Å². The summed E-state index contributed by atoms with van der Waals surface area (Å²) in [6.07, 6.45) is -1.86. The van der Waals surface area contributed by atoms with Gasteiger partial charge in [0, 0.05) is 24.9 Å². The van der Waals surface area contributed by atoms with E-state index in [1.165, 1.54) is 4.68 Å². The molecule has 3 unspecified atom stereocenters. The number of aliphatic hydroxyl groups is 1. The monoisotopic (exact) mass is 551 g/mol. The topological polar surface area (TPSA) is 190 Å². The van der Waals surface area contributed by atoms with Gasteiger partial charge in [0.15, 0.2) is 17.8 Å². The molecule has 0 aromatic carbocycles. The fourth-order valence-corrected chi connectivity index (χ4v) is 7.39. The number of nitrogens with zero attached hydrogens (tertiary/aromatic N) is 5. The van der Waals surface area contributed by atoms with E-state index in [0.717, 1.165) is 13.1 Å². The summed E-state index contributed by atoms with van der Waals surface area (Å²) in [4.78, 5) is 38.4. The van der Waals surface area contributed by atoms with E-state index < -0.39 is 46.1 Å². The lowest BCUT2D eigenvalue weighted by Crippen LogP contribution is -2.24. The van der Waals surface area contributed by atoms with Crippen molar-refractivity contribution in [2.75, 3.05) is 43.7 Å². The minimum atomic E-state index is -4.78. The van der Waals surface area contributed by atoms with Gasteiger partial charge in [-0.2, -0.15) is 15.1 Å². The molecule has 3 fully saturated rings. The largest absolute Gasteiger partial charge is 0.384 e. The van der Waals surface area contributed by atoms with Gasteiger partial charge in [-0.05, 0) is 17.2 Å². The standard InChI is InChI=1S/C18H24ClN5O9P2/c1-9-13(7-32-35(29,30)8-34(26,27)28)33-17(14(9)25)24-16-12(2-20-24)15(21-18(19)22-16)23-3-10-5-31-6-11(10)4-23/h2,10-11,13-14,17,25H,1,3-8H2,(H,29,30)(H2,26,27,28)/t10?,11?,13-,14-,17-/m1/s1. The van der Waals surface area contributed by atoms with Crippen LogP contribution in [0.4, 0.5) is 5.82 Å². The number of anilines is 1. The zero-order valence-corrected chi connectivity index (χ0v) is 20.8. The van der Waals surface area contributed by atoms with Crippen LogP contribution in [0, 0.1) is 11.8 Å². The fraction of sp³-hybridized carbons (Fsp3) is 0.611. The maximum atomic E-state index is 12.0. The minimum absolute atomic E-state index is 0.00703. The first-order valence-corrected chi connectivity index (χ1v) is 14.6. The molecule has 5 heterocycles. The van der Waals surface area contributed by atoms with Crippen LogP contribution >= 0.6 is 26.8 Å². The predicted molar refractivity (Wildman–Crippen MR) is 122 cm³/mol. The van der Waals surface area contributed by atoms with Crippen molar-refractivity contribution in [1.29, 1.82) is 0 Å². The smallest absolute Gasteiger partial charge is 0.340 e. The molecule has 6 atom stereocenters. The zero-order valence-electron chi connectivity index (χ0n) is 18.3. The molecule has 17 heteroatoms. The molecule has 192 valence electrons. The Bertz CT molecular complexity index is 1240. The first-order valence-electron chi connectivity index (χ1n) is 10.7. The van der Waals surface area contributed by atoms with E-state index in [1.54, 1.807) is 6.20 Å². The SMILES string of the molecule is C=C1[C@@H](O)[C@H](n2ncc3c(N4CC5COCC5C4)nc(Cl)nc32)O[C@@H]1COP(=O)(O)CP(=O)(O)O. The van der Waals surface area contributed by atoms with E-state index in [2.05, 4.69) is 26.5 Å². The Morgan fingerprint density at radius 2 is 1.89 bits per heavy atom. The van der Waals surface area contributed by atoms with Gasteiger partial charge in [-0.1, -0.05) is 6.58 Å². The second kappa shape index (κ2) is 9.14. The average molecular weight is 552 g/mol. The summed E-state index contributed by atoms with van der Waals surface area (Å²) in [5.74, 6) is 0.0970. The van der Waals surface area contributed by atoms with Crippen molar-refractivity contribution in [2.24, 2.45) is 11.8 Å². The van der Waals surface area contributed by atoms with Crippen LogP contribution in [0.5, 0.6) is 0 Å². The lowest BCUT2D eigenvalue weighted by atomic mass is 10.0. The quantitative estimate of drug-likeness (QED) is 0.214. The van der Waals surface area contributed by atoms with Crippen LogP contribution in [0.1, 0.15) is 6.23 Å². The third-order valence-electron chi connectivity index (χ3n) is 6.35. The van der Waals surface area contributed by atoms with Crippen molar-refractivity contribution in [1.82, 2.24) is 19.7 Å². The summed E-state index contributed by atoms with van der Waals surface area (Å²) in [7, 11) is -9.39. The summed E-state index contributed by atoms with van der Waals surface area (Å²) in [5.41, 5.74) is 0.462. The Hall–Kier alpha value is -1.44.